The van der Waals surface area contributed by atoms with E-state index in [0.717, 1.165) is 0 Å². The molecule has 1 heterocycles. The number of rotatable bonds is 4. The predicted molar refractivity (Wildman–Crippen MR) is 54.3 cm³/mol. The van der Waals surface area contributed by atoms with E-state index in [-0.39, 0.29) is 17.8 Å². The van der Waals surface area contributed by atoms with E-state index in [1.807, 2.05) is 0 Å². The molecule has 1 aromatic rings. The van der Waals surface area contributed by atoms with Crippen molar-refractivity contribution in [2.75, 3.05) is 7.11 Å². The van der Waals surface area contributed by atoms with E-state index in [1.165, 1.54) is 19.5 Å². The van der Waals surface area contributed by atoms with Gasteiger partial charge in [0.15, 0.2) is 0 Å². The Morgan fingerprint density at radius 3 is 2.59 bits per heavy atom. The van der Waals surface area contributed by atoms with E-state index in [1.54, 1.807) is 6.07 Å². The fraction of sp³-hybridized carbons (Fsp3) is 0.400. The maximum atomic E-state index is 10.9. The smallest absolute Gasteiger partial charge is 0.308 e. The lowest BCUT2D eigenvalue weighted by molar-refractivity contribution is -0.144. The van der Waals surface area contributed by atoms with Gasteiger partial charge in [0.2, 0.25) is 5.82 Å². The lowest BCUT2D eigenvalue weighted by atomic mass is 10.1. The van der Waals surface area contributed by atoms with Gasteiger partial charge in [-0.3, -0.25) is 4.79 Å². The molecule has 2 N–H and O–H groups in total. The Kier molecular flexibility index (Phi) is 4.51. The van der Waals surface area contributed by atoms with Crippen molar-refractivity contribution in [2.24, 2.45) is 0 Å². The number of aliphatic hydroxyl groups excluding tert-OH is 2. The van der Waals surface area contributed by atoms with E-state index < -0.39 is 18.2 Å². The highest BCUT2D eigenvalue weighted by molar-refractivity contribution is 5.69. The van der Waals surface area contributed by atoms with Crippen LogP contribution in [0.25, 0.3) is 0 Å². The number of aliphatic hydroxyl groups is 2. The van der Waals surface area contributed by atoms with Crippen molar-refractivity contribution in [2.45, 2.75) is 18.6 Å². The number of carbonyl (C=O) groups excluding carboxylic acids is 1. The summed E-state index contributed by atoms with van der Waals surface area (Å²) in [6, 6.07) is 1.72. The van der Waals surface area contributed by atoms with Crippen LogP contribution in [0.4, 0.5) is 0 Å². The Morgan fingerprint density at radius 1 is 1.53 bits per heavy atom. The van der Waals surface area contributed by atoms with Crippen molar-refractivity contribution in [1.29, 1.82) is 5.26 Å². The first-order chi connectivity index (χ1) is 8.08. The molecule has 7 heteroatoms. The summed E-state index contributed by atoms with van der Waals surface area (Å²) < 4.78 is 4.36. The number of hydrogen-bond acceptors (Lipinski definition) is 7. The zero-order chi connectivity index (χ0) is 12.8. The van der Waals surface area contributed by atoms with Crippen LogP contribution in [0.5, 0.6) is 0 Å². The summed E-state index contributed by atoms with van der Waals surface area (Å²) in [6.07, 6.45) is -0.508. The SMILES string of the molecule is COC(=O)CC(O)C(O)c1cnc(C#N)nc1. The van der Waals surface area contributed by atoms with Crippen LogP contribution in [0, 0.1) is 11.3 Å². The quantitative estimate of drug-likeness (QED) is 0.665. The molecule has 0 aromatic carbocycles. The van der Waals surface area contributed by atoms with Crippen LogP contribution >= 0.6 is 0 Å². The molecule has 7 nitrogen and oxygen atoms in total. The van der Waals surface area contributed by atoms with Crippen molar-refractivity contribution in [3.8, 4) is 6.07 Å². The fourth-order valence-electron chi connectivity index (χ4n) is 1.14. The van der Waals surface area contributed by atoms with Gasteiger partial charge >= 0.3 is 5.97 Å². The fourth-order valence-corrected chi connectivity index (χ4v) is 1.14. The molecule has 1 rings (SSSR count). The molecule has 2 unspecified atom stereocenters. The molecule has 90 valence electrons. The topological polar surface area (TPSA) is 116 Å². The normalized spacial score (nSPS) is 13.5. The average molecular weight is 237 g/mol. The second kappa shape index (κ2) is 5.89. The van der Waals surface area contributed by atoms with Gasteiger partial charge in [-0.2, -0.15) is 5.26 Å². The summed E-state index contributed by atoms with van der Waals surface area (Å²) in [6.45, 7) is 0. The van der Waals surface area contributed by atoms with Gasteiger partial charge < -0.3 is 14.9 Å². The Labute approximate surface area is 97.3 Å². The lowest BCUT2D eigenvalue weighted by Gasteiger charge is -2.16. The zero-order valence-corrected chi connectivity index (χ0v) is 9.07. The van der Waals surface area contributed by atoms with Gasteiger partial charge in [0, 0.05) is 18.0 Å². The summed E-state index contributed by atoms with van der Waals surface area (Å²) in [5.41, 5.74) is 0.223. The summed E-state index contributed by atoms with van der Waals surface area (Å²) >= 11 is 0. The van der Waals surface area contributed by atoms with Gasteiger partial charge in [0.1, 0.15) is 12.2 Å². The second-order valence-corrected chi connectivity index (χ2v) is 3.24. The highest BCUT2D eigenvalue weighted by Gasteiger charge is 2.22. The highest BCUT2D eigenvalue weighted by atomic mass is 16.5. The third-order valence-corrected chi connectivity index (χ3v) is 2.08. The number of nitrogens with zero attached hydrogens (tertiary/aromatic N) is 3. The van der Waals surface area contributed by atoms with Crippen LogP contribution in [0.1, 0.15) is 23.9 Å². The Morgan fingerprint density at radius 2 is 2.12 bits per heavy atom. The highest BCUT2D eigenvalue weighted by Crippen LogP contribution is 2.17. The molecular formula is C10H11N3O4. The van der Waals surface area contributed by atoms with Crippen molar-refractivity contribution in [1.82, 2.24) is 9.97 Å². The van der Waals surface area contributed by atoms with Crippen LogP contribution in [0.3, 0.4) is 0 Å². The van der Waals surface area contributed by atoms with Crippen LogP contribution in [0.2, 0.25) is 0 Å². The van der Waals surface area contributed by atoms with E-state index in [9.17, 15) is 15.0 Å². The summed E-state index contributed by atoms with van der Waals surface area (Å²) in [4.78, 5) is 18.2. The molecule has 0 radical (unpaired) electrons. The van der Waals surface area contributed by atoms with E-state index in [0.29, 0.717) is 0 Å². The molecule has 2 atom stereocenters. The van der Waals surface area contributed by atoms with Crippen molar-refractivity contribution in [3.05, 3.63) is 23.8 Å². The van der Waals surface area contributed by atoms with Crippen molar-refractivity contribution in [3.63, 3.8) is 0 Å². The Hall–Kier alpha value is -2.04. The molecule has 0 fully saturated rings. The minimum Gasteiger partial charge on any atom is -0.469 e. The van der Waals surface area contributed by atoms with Crippen LogP contribution < -0.4 is 0 Å². The minimum absolute atomic E-state index is 0.0385. The summed E-state index contributed by atoms with van der Waals surface area (Å²) in [7, 11) is 1.19. The largest absolute Gasteiger partial charge is 0.469 e. The van der Waals surface area contributed by atoms with Crippen molar-refractivity contribution >= 4 is 5.97 Å². The summed E-state index contributed by atoms with van der Waals surface area (Å²) in [5.74, 6) is -0.672. The number of hydrogen-bond donors (Lipinski definition) is 2. The van der Waals surface area contributed by atoms with Crippen LogP contribution in [0.15, 0.2) is 12.4 Å². The Balaban J connectivity index is 2.71. The molecule has 0 aliphatic rings. The van der Waals surface area contributed by atoms with Gasteiger partial charge in [0.05, 0.1) is 19.6 Å². The molecule has 0 amide bonds. The Bertz CT molecular complexity index is 426. The van der Waals surface area contributed by atoms with Gasteiger partial charge in [-0.1, -0.05) is 0 Å². The predicted octanol–water partition coefficient (Wildman–Crippen LogP) is -0.694. The lowest BCUT2D eigenvalue weighted by Crippen LogP contribution is -2.22. The number of carbonyl (C=O) groups is 1. The van der Waals surface area contributed by atoms with E-state index in [2.05, 4.69) is 14.7 Å². The van der Waals surface area contributed by atoms with Gasteiger partial charge in [-0.15, -0.1) is 0 Å². The summed E-state index contributed by atoms with van der Waals surface area (Å²) in [5, 5.41) is 27.7. The van der Waals surface area contributed by atoms with Crippen molar-refractivity contribution < 1.29 is 19.7 Å². The number of methoxy groups -OCH3 is 1. The monoisotopic (exact) mass is 237 g/mol. The maximum absolute atomic E-state index is 10.9. The average Bonchev–Trinajstić information content (AvgIpc) is 2.37. The maximum Gasteiger partial charge on any atom is 0.308 e. The molecule has 0 saturated carbocycles. The van der Waals surface area contributed by atoms with Crippen LogP contribution in [-0.4, -0.2) is 39.4 Å². The molecular weight excluding hydrogens is 226 g/mol. The first-order valence-corrected chi connectivity index (χ1v) is 4.73. The minimum atomic E-state index is -1.31. The number of aromatic nitrogens is 2. The second-order valence-electron chi connectivity index (χ2n) is 3.24. The molecule has 0 aliphatic heterocycles. The molecule has 0 saturated heterocycles. The zero-order valence-electron chi connectivity index (χ0n) is 9.07. The first-order valence-electron chi connectivity index (χ1n) is 4.73. The molecule has 0 aliphatic carbocycles. The molecule has 0 bridgehead atoms. The number of nitriles is 1. The third-order valence-electron chi connectivity index (χ3n) is 2.08. The molecule has 17 heavy (non-hydrogen) atoms. The first kappa shape index (κ1) is 13.0. The standard InChI is InChI=1S/C10H11N3O4/c1-17-9(15)2-7(14)10(16)6-4-12-8(3-11)13-5-6/h4-5,7,10,14,16H,2H2,1H3. The third kappa shape index (κ3) is 3.48. The van der Waals surface area contributed by atoms with E-state index in [4.69, 9.17) is 5.26 Å². The molecule has 0 spiro atoms. The van der Waals surface area contributed by atoms with E-state index >= 15 is 0 Å². The molecule has 1 aromatic heterocycles. The van der Waals surface area contributed by atoms with Gasteiger partial charge in [-0.25, -0.2) is 9.97 Å². The number of esters is 1. The van der Waals surface area contributed by atoms with Gasteiger partial charge in [-0.05, 0) is 0 Å². The van der Waals surface area contributed by atoms with Crippen LogP contribution in [-0.2, 0) is 9.53 Å². The number of ether oxygens (including phenoxy) is 1. The van der Waals surface area contributed by atoms with Gasteiger partial charge in [0.25, 0.3) is 0 Å².